The molecule has 0 N–H and O–H groups in total. The van der Waals surface area contributed by atoms with Crippen molar-refractivity contribution < 1.29 is 4.79 Å². The van der Waals surface area contributed by atoms with Crippen LogP contribution in [0.15, 0.2) is 24.3 Å². The molecule has 19 heavy (non-hydrogen) atoms. The van der Waals surface area contributed by atoms with Crippen LogP contribution in [0.5, 0.6) is 0 Å². The molecule has 4 bridgehead atoms. The topological polar surface area (TPSA) is 20.3 Å². The molecule has 0 aliphatic carbocycles. The van der Waals surface area contributed by atoms with Gasteiger partial charge in [-0.3, -0.25) is 9.69 Å². The highest BCUT2D eigenvalue weighted by atomic mass is 35.5. The second kappa shape index (κ2) is 4.32. The Kier molecular flexibility index (Phi) is 2.71. The van der Waals surface area contributed by atoms with Crippen LogP contribution in [0.25, 0.3) is 0 Å². The van der Waals surface area contributed by atoms with E-state index in [1.54, 1.807) is 0 Å². The molecule has 100 valence electrons. The van der Waals surface area contributed by atoms with Gasteiger partial charge in [-0.25, -0.2) is 0 Å². The summed E-state index contributed by atoms with van der Waals surface area (Å²) in [6.45, 7) is 0.998. The summed E-state index contributed by atoms with van der Waals surface area (Å²) >= 11 is 5.98. The van der Waals surface area contributed by atoms with E-state index in [0.717, 1.165) is 24.4 Å². The first kappa shape index (κ1) is 11.9. The third-order valence-electron chi connectivity index (χ3n) is 5.35. The van der Waals surface area contributed by atoms with Gasteiger partial charge in [0.1, 0.15) is 5.78 Å². The van der Waals surface area contributed by atoms with E-state index >= 15 is 0 Å². The first-order valence-electron chi connectivity index (χ1n) is 7.28. The maximum atomic E-state index is 12.4. The largest absolute Gasteiger partial charge is 0.299 e. The zero-order chi connectivity index (χ0) is 13.0. The van der Waals surface area contributed by atoms with Gasteiger partial charge >= 0.3 is 0 Å². The number of hydrogen-bond acceptors (Lipinski definition) is 2. The van der Waals surface area contributed by atoms with Crippen molar-refractivity contribution in [1.82, 2.24) is 4.90 Å². The van der Waals surface area contributed by atoms with Crippen molar-refractivity contribution in [1.29, 1.82) is 0 Å². The fourth-order valence-corrected chi connectivity index (χ4v) is 4.69. The Labute approximate surface area is 118 Å². The van der Waals surface area contributed by atoms with Gasteiger partial charge in [0.05, 0.1) is 0 Å². The van der Waals surface area contributed by atoms with Crippen LogP contribution in [0.4, 0.5) is 0 Å². The number of piperidine rings is 2. The molecule has 3 heteroatoms. The SMILES string of the molecule is O=C1CCN2[C@H]3CC[C@@H]2C1[C@@H](c1ccc(Cl)cc1)C3. The predicted molar refractivity (Wildman–Crippen MR) is 75.4 cm³/mol. The summed E-state index contributed by atoms with van der Waals surface area (Å²) in [5.41, 5.74) is 1.31. The van der Waals surface area contributed by atoms with Gasteiger partial charge in [0.25, 0.3) is 0 Å². The molecule has 3 aliphatic rings. The Morgan fingerprint density at radius 2 is 1.95 bits per heavy atom. The zero-order valence-corrected chi connectivity index (χ0v) is 11.6. The average Bonchev–Trinajstić information content (AvgIpc) is 2.69. The van der Waals surface area contributed by atoms with E-state index in [2.05, 4.69) is 17.0 Å². The number of ketones is 1. The molecule has 1 aromatic carbocycles. The van der Waals surface area contributed by atoms with Gasteiger partial charge in [-0.2, -0.15) is 0 Å². The van der Waals surface area contributed by atoms with E-state index < -0.39 is 0 Å². The minimum absolute atomic E-state index is 0.230. The zero-order valence-electron chi connectivity index (χ0n) is 10.9. The van der Waals surface area contributed by atoms with Crippen LogP contribution in [0.2, 0.25) is 5.02 Å². The Balaban J connectivity index is 1.72. The molecule has 3 aliphatic heterocycles. The van der Waals surface area contributed by atoms with Crippen LogP contribution in [0, 0.1) is 5.92 Å². The van der Waals surface area contributed by atoms with Crippen molar-refractivity contribution in [2.75, 3.05) is 6.54 Å². The van der Waals surface area contributed by atoms with E-state index in [-0.39, 0.29) is 5.92 Å². The molecule has 0 aromatic heterocycles. The van der Waals surface area contributed by atoms with Gasteiger partial charge in [-0.15, -0.1) is 0 Å². The van der Waals surface area contributed by atoms with Gasteiger partial charge in [0.15, 0.2) is 0 Å². The van der Waals surface area contributed by atoms with E-state index in [4.69, 9.17) is 11.6 Å². The van der Waals surface area contributed by atoms with E-state index in [1.807, 2.05) is 12.1 Å². The molecule has 2 nitrogen and oxygen atoms in total. The molecule has 0 amide bonds. The standard InChI is InChI=1S/C16H18ClNO/c17-11-3-1-10(2-4-11)13-9-12-5-6-14-16(13)15(19)7-8-18(12)14/h1-4,12-14,16H,5-9H2/t12-,13+,14+,16?/m0/s1. The first-order chi connectivity index (χ1) is 9.24. The van der Waals surface area contributed by atoms with Gasteiger partial charge < -0.3 is 0 Å². The molecule has 3 saturated heterocycles. The van der Waals surface area contributed by atoms with E-state index in [1.165, 1.54) is 18.4 Å². The fourth-order valence-electron chi connectivity index (χ4n) is 4.56. The Morgan fingerprint density at radius 3 is 2.74 bits per heavy atom. The molecule has 1 aromatic rings. The van der Waals surface area contributed by atoms with Crippen LogP contribution >= 0.6 is 11.6 Å². The highest BCUT2D eigenvalue weighted by Gasteiger charge is 2.52. The lowest BCUT2D eigenvalue weighted by Gasteiger charge is -2.47. The van der Waals surface area contributed by atoms with Gasteiger partial charge in [0.2, 0.25) is 0 Å². The quantitative estimate of drug-likeness (QED) is 0.784. The monoisotopic (exact) mass is 275 g/mol. The molecule has 4 rings (SSSR count). The van der Waals surface area contributed by atoms with E-state index in [9.17, 15) is 4.79 Å². The van der Waals surface area contributed by atoms with Crippen molar-refractivity contribution >= 4 is 17.4 Å². The smallest absolute Gasteiger partial charge is 0.139 e. The molecule has 5 atom stereocenters. The third kappa shape index (κ3) is 1.77. The van der Waals surface area contributed by atoms with Crippen LogP contribution in [-0.2, 0) is 4.79 Å². The minimum atomic E-state index is 0.230. The Morgan fingerprint density at radius 1 is 1.16 bits per heavy atom. The maximum Gasteiger partial charge on any atom is 0.139 e. The van der Waals surface area contributed by atoms with Crippen molar-refractivity contribution in [2.45, 2.75) is 43.7 Å². The van der Waals surface area contributed by atoms with Crippen LogP contribution in [0.1, 0.15) is 37.2 Å². The number of carbonyl (C=O) groups is 1. The summed E-state index contributed by atoms with van der Waals surface area (Å²) < 4.78 is 0. The van der Waals surface area contributed by atoms with Crippen LogP contribution < -0.4 is 0 Å². The highest BCUT2D eigenvalue weighted by Crippen LogP contribution is 2.49. The lowest BCUT2D eigenvalue weighted by atomic mass is 9.71. The summed E-state index contributed by atoms with van der Waals surface area (Å²) in [5.74, 6) is 1.13. The summed E-state index contributed by atoms with van der Waals surface area (Å²) in [6.07, 6.45) is 4.39. The number of carbonyl (C=O) groups excluding carboxylic acids is 1. The van der Waals surface area contributed by atoms with Crippen molar-refractivity contribution in [2.24, 2.45) is 5.92 Å². The molecular weight excluding hydrogens is 258 g/mol. The maximum absolute atomic E-state index is 12.4. The van der Waals surface area contributed by atoms with Crippen LogP contribution in [0.3, 0.4) is 0 Å². The third-order valence-corrected chi connectivity index (χ3v) is 5.60. The second-order valence-corrected chi connectivity index (χ2v) is 6.61. The molecule has 0 spiro atoms. The molecule has 0 radical (unpaired) electrons. The van der Waals surface area contributed by atoms with Crippen LogP contribution in [-0.4, -0.2) is 29.3 Å². The fraction of sp³-hybridized carbons (Fsp3) is 0.562. The summed E-state index contributed by atoms with van der Waals surface area (Å²) in [7, 11) is 0. The molecule has 0 saturated carbocycles. The van der Waals surface area contributed by atoms with Gasteiger partial charge in [0, 0.05) is 36.0 Å². The Hall–Kier alpha value is -0.860. The van der Waals surface area contributed by atoms with Crippen molar-refractivity contribution in [3.63, 3.8) is 0 Å². The Bertz CT molecular complexity index is 512. The lowest BCUT2D eigenvalue weighted by Crippen LogP contribution is -2.55. The average molecular weight is 276 g/mol. The number of halogens is 1. The van der Waals surface area contributed by atoms with Gasteiger partial charge in [-0.1, -0.05) is 23.7 Å². The highest BCUT2D eigenvalue weighted by molar-refractivity contribution is 6.30. The first-order valence-corrected chi connectivity index (χ1v) is 7.66. The van der Waals surface area contributed by atoms with E-state index in [0.29, 0.717) is 23.8 Å². The number of nitrogens with zero attached hydrogens (tertiary/aromatic N) is 1. The molecule has 3 heterocycles. The number of rotatable bonds is 1. The van der Waals surface area contributed by atoms with Crippen molar-refractivity contribution in [3.8, 4) is 0 Å². The minimum Gasteiger partial charge on any atom is -0.299 e. The lowest BCUT2D eigenvalue weighted by molar-refractivity contribution is -0.132. The number of benzene rings is 1. The second-order valence-electron chi connectivity index (χ2n) is 6.17. The molecule has 3 fully saturated rings. The van der Waals surface area contributed by atoms with Crippen molar-refractivity contribution in [3.05, 3.63) is 34.9 Å². The summed E-state index contributed by atoms with van der Waals surface area (Å²) in [5, 5.41) is 0.777. The molecule has 2 unspecified atom stereocenters. The summed E-state index contributed by atoms with van der Waals surface area (Å²) in [6, 6.07) is 9.36. The number of Topliss-reactive ketones (excluding diaryl/α,β-unsaturated/α-hetero) is 1. The number of hydrogen-bond donors (Lipinski definition) is 0. The summed E-state index contributed by atoms with van der Waals surface area (Å²) in [4.78, 5) is 15.0. The molecular formula is C16H18ClNO. The predicted octanol–water partition coefficient (Wildman–Crippen LogP) is 3.25. The van der Waals surface area contributed by atoms with Gasteiger partial charge in [-0.05, 0) is 42.9 Å². The normalized spacial score (nSPS) is 40.5.